The highest BCUT2D eigenvalue weighted by atomic mass is 127. The molecule has 1 aliphatic heterocycles. The van der Waals surface area contributed by atoms with Crippen LogP contribution >= 0.6 is 0 Å². The van der Waals surface area contributed by atoms with Crippen molar-refractivity contribution in [3.63, 3.8) is 0 Å². The fourth-order valence-electron chi connectivity index (χ4n) is 3.44. The third-order valence-electron chi connectivity index (χ3n) is 4.92. The topological polar surface area (TPSA) is 39.9 Å². The molecular weight excluding hydrogens is 457 g/mol. The minimum Gasteiger partial charge on any atom is -1.00 e. The first kappa shape index (κ1) is 21.3. The number of ether oxygens (including phenoxy) is 4. The molecule has 0 saturated heterocycles. The number of rotatable bonds is 6. The van der Waals surface area contributed by atoms with E-state index in [-0.39, 0.29) is 24.0 Å². The zero-order valence-electron chi connectivity index (χ0n) is 16.5. The molecule has 146 valence electrons. The van der Waals surface area contributed by atoms with Gasteiger partial charge >= 0.3 is 0 Å². The highest BCUT2D eigenvalue weighted by Gasteiger charge is 2.26. The third kappa shape index (κ3) is 4.31. The molecule has 2 aromatic rings. The van der Waals surface area contributed by atoms with Crippen molar-refractivity contribution in [3.8, 4) is 23.0 Å². The fraction of sp³-hybridized carbons (Fsp3) is 0.381. The van der Waals surface area contributed by atoms with Gasteiger partial charge in [0.25, 0.3) is 0 Å². The highest BCUT2D eigenvalue weighted by Crippen LogP contribution is 2.33. The summed E-state index contributed by atoms with van der Waals surface area (Å²) in [6.45, 7) is 0.977. The Morgan fingerprint density at radius 1 is 0.815 bits per heavy atom. The SMILES string of the molecule is COc1ccc(CC2=[N+](C)CCc3cc(OC)c(OC)cc32)cc1OC.[I-]. The lowest BCUT2D eigenvalue weighted by atomic mass is 9.92. The van der Waals surface area contributed by atoms with Gasteiger partial charge in [0.15, 0.2) is 28.7 Å². The first-order valence-electron chi connectivity index (χ1n) is 8.64. The smallest absolute Gasteiger partial charge is 0.187 e. The minimum absolute atomic E-state index is 0. The molecule has 3 rings (SSSR count). The van der Waals surface area contributed by atoms with Crippen LogP contribution in [0.2, 0.25) is 0 Å². The van der Waals surface area contributed by atoms with Gasteiger partial charge < -0.3 is 42.9 Å². The Morgan fingerprint density at radius 3 is 2.04 bits per heavy atom. The van der Waals surface area contributed by atoms with Crippen molar-refractivity contribution in [2.75, 3.05) is 42.0 Å². The second kappa shape index (κ2) is 9.30. The van der Waals surface area contributed by atoms with E-state index in [2.05, 4.69) is 29.8 Å². The lowest BCUT2D eigenvalue weighted by molar-refractivity contribution is -0.498. The molecule has 6 heteroatoms. The first-order chi connectivity index (χ1) is 12.6. The molecule has 1 heterocycles. The molecule has 0 N–H and O–H groups in total. The van der Waals surface area contributed by atoms with Gasteiger partial charge in [-0.05, 0) is 35.4 Å². The van der Waals surface area contributed by atoms with Crippen molar-refractivity contribution in [1.82, 2.24) is 0 Å². The summed E-state index contributed by atoms with van der Waals surface area (Å²) in [7, 11) is 8.79. The van der Waals surface area contributed by atoms with Crippen molar-refractivity contribution >= 4 is 5.71 Å². The molecule has 0 aromatic heterocycles. The zero-order chi connectivity index (χ0) is 18.7. The molecule has 0 spiro atoms. The van der Waals surface area contributed by atoms with Crippen molar-refractivity contribution in [2.24, 2.45) is 0 Å². The lowest BCUT2D eigenvalue weighted by Crippen LogP contribution is -3.00. The maximum atomic E-state index is 5.51. The van der Waals surface area contributed by atoms with E-state index in [0.717, 1.165) is 42.4 Å². The maximum absolute atomic E-state index is 5.51. The largest absolute Gasteiger partial charge is 1.00 e. The molecule has 0 bridgehead atoms. The second-order valence-electron chi connectivity index (χ2n) is 6.35. The summed E-state index contributed by atoms with van der Waals surface area (Å²) in [5.74, 6) is 3.02. The standard InChI is InChI=1S/C21H26NO4.HI/c1-22-9-8-15-12-20(25-4)21(26-5)13-16(15)17(22)10-14-6-7-18(23-2)19(11-14)24-3;/h6-7,11-13H,8-10H2,1-5H3;1H/q+1;/p-1. The summed E-state index contributed by atoms with van der Waals surface area (Å²) < 4.78 is 24.1. The number of hydrogen-bond acceptors (Lipinski definition) is 4. The van der Waals surface area contributed by atoms with Crippen LogP contribution in [-0.4, -0.2) is 52.3 Å². The molecule has 0 unspecified atom stereocenters. The van der Waals surface area contributed by atoms with E-state index in [0.29, 0.717) is 0 Å². The van der Waals surface area contributed by atoms with Gasteiger partial charge in [-0.15, -0.1) is 0 Å². The van der Waals surface area contributed by atoms with Crippen LogP contribution < -0.4 is 42.9 Å². The van der Waals surface area contributed by atoms with E-state index in [9.17, 15) is 0 Å². The molecule has 5 nitrogen and oxygen atoms in total. The molecule has 0 fully saturated rings. The van der Waals surface area contributed by atoms with E-state index in [1.54, 1.807) is 28.4 Å². The van der Waals surface area contributed by atoms with Crippen LogP contribution in [0.15, 0.2) is 30.3 Å². The van der Waals surface area contributed by atoms with Gasteiger partial charge in [-0.2, -0.15) is 0 Å². The predicted molar refractivity (Wildman–Crippen MR) is 102 cm³/mol. The van der Waals surface area contributed by atoms with Crippen LogP contribution in [0.1, 0.15) is 16.7 Å². The van der Waals surface area contributed by atoms with E-state index >= 15 is 0 Å². The van der Waals surface area contributed by atoms with Crippen LogP contribution in [-0.2, 0) is 12.8 Å². The normalized spacial score (nSPS) is 12.8. The Hall–Kier alpha value is -1.96. The number of halogens is 1. The number of likely N-dealkylation sites (N-methyl/N-ethyl adjacent to an activating group) is 1. The maximum Gasteiger partial charge on any atom is 0.187 e. The van der Waals surface area contributed by atoms with Gasteiger partial charge in [-0.3, -0.25) is 0 Å². The van der Waals surface area contributed by atoms with Gasteiger partial charge in [0.2, 0.25) is 0 Å². The van der Waals surface area contributed by atoms with Gasteiger partial charge in [-0.25, -0.2) is 4.58 Å². The molecule has 0 amide bonds. The average molecular weight is 483 g/mol. The lowest BCUT2D eigenvalue weighted by Gasteiger charge is -2.19. The molecule has 0 saturated carbocycles. The van der Waals surface area contributed by atoms with Gasteiger partial charge in [-0.1, -0.05) is 6.07 Å². The van der Waals surface area contributed by atoms with Crippen molar-refractivity contribution in [1.29, 1.82) is 0 Å². The molecule has 0 aliphatic carbocycles. The van der Waals surface area contributed by atoms with E-state index in [1.807, 2.05) is 12.1 Å². The number of hydrogen-bond donors (Lipinski definition) is 0. The number of fused-ring (bicyclic) bond motifs is 1. The molecule has 2 aromatic carbocycles. The van der Waals surface area contributed by atoms with Crippen LogP contribution in [0.5, 0.6) is 23.0 Å². The van der Waals surface area contributed by atoms with Crippen LogP contribution in [0, 0.1) is 0 Å². The highest BCUT2D eigenvalue weighted by molar-refractivity contribution is 6.00. The van der Waals surface area contributed by atoms with E-state index in [1.165, 1.54) is 22.4 Å². The Balaban J connectivity index is 0.00000261. The van der Waals surface area contributed by atoms with Crippen molar-refractivity contribution < 1.29 is 47.5 Å². The Bertz CT molecular complexity index is 848. The molecular formula is C21H26INO4. The van der Waals surface area contributed by atoms with Crippen LogP contribution in [0.25, 0.3) is 0 Å². The monoisotopic (exact) mass is 483 g/mol. The predicted octanol–water partition coefficient (Wildman–Crippen LogP) is -0.0448. The quantitative estimate of drug-likeness (QED) is 0.427. The fourth-order valence-corrected chi connectivity index (χ4v) is 3.44. The summed E-state index contributed by atoms with van der Waals surface area (Å²) in [6.07, 6.45) is 1.79. The average Bonchev–Trinajstić information content (AvgIpc) is 2.68. The molecule has 0 atom stereocenters. The Kier molecular flexibility index (Phi) is 7.35. The number of benzene rings is 2. The van der Waals surface area contributed by atoms with Crippen LogP contribution in [0.3, 0.4) is 0 Å². The molecule has 27 heavy (non-hydrogen) atoms. The summed E-state index contributed by atoms with van der Waals surface area (Å²) in [4.78, 5) is 0. The van der Waals surface area contributed by atoms with E-state index in [4.69, 9.17) is 18.9 Å². The summed E-state index contributed by atoms with van der Waals surface area (Å²) >= 11 is 0. The first-order valence-corrected chi connectivity index (χ1v) is 8.64. The molecule has 1 aliphatic rings. The number of nitrogens with zero attached hydrogens (tertiary/aromatic N) is 1. The van der Waals surface area contributed by atoms with E-state index < -0.39 is 0 Å². The zero-order valence-corrected chi connectivity index (χ0v) is 18.6. The van der Waals surface area contributed by atoms with Crippen molar-refractivity contribution in [2.45, 2.75) is 12.8 Å². The Morgan fingerprint density at radius 2 is 1.41 bits per heavy atom. The summed E-state index contributed by atoms with van der Waals surface area (Å²) in [5, 5.41) is 0. The third-order valence-corrected chi connectivity index (χ3v) is 4.92. The van der Waals surface area contributed by atoms with Gasteiger partial charge in [0.05, 0.1) is 34.9 Å². The summed E-state index contributed by atoms with van der Waals surface area (Å²) in [6, 6.07) is 10.2. The van der Waals surface area contributed by atoms with Gasteiger partial charge in [0, 0.05) is 12.0 Å². The van der Waals surface area contributed by atoms with Crippen LogP contribution in [0.4, 0.5) is 0 Å². The second-order valence-corrected chi connectivity index (χ2v) is 6.35. The van der Waals surface area contributed by atoms with Gasteiger partial charge in [0.1, 0.15) is 13.6 Å². The molecule has 0 radical (unpaired) electrons. The Labute approximate surface area is 177 Å². The minimum atomic E-state index is 0. The van der Waals surface area contributed by atoms with Crippen molar-refractivity contribution in [3.05, 3.63) is 47.0 Å². The number of methoxy groups -OCH3 is 4. The summed E-state index contributed by atoms with van der Waals surface area (Å²) in [5.41, 5.74) is 4.94.